The average Bonchev–Trinajstić information content (AvgIpc) is 2.73. The van der Waals surface area contributed by atoms with Crippen LogP contribution < -0.4 is 5.32 Å². The zero-order valence-electron chi connectivity index (χ0n) is 10.4. The van der Waals surface area contributed by atoms with E-state index in [0.717, 1.165) is 0 Å². The van der Waals surface area contributed by atoms with Crippen molar-refractivity contribution in [1.82, 2.24) is 9.88 Å². The van der Waals surface area contributed by atoms with E-state index in [4.69, 9.17) is 11.5 Å². The van der Waals surface area contributed by atoms with Gasteiger partial charge < -0.3 is 15.0 Å². The molecule has 0 aliphatic heterocycles. The number of aliphatic carboxylic acids is 1. The molecule has 0 aliphatic rings. The molecular formula is C13H16N2O3. The highest BCUT2D eigenvalue weighted by molar-refractivity contribution is 5.95. The van der Waals surface area contributed by atoms with Gasteiger partial charge in [0.1, 0.15) is 11.7 Å². The lowest BCUT2D eigenvalue weighted by molar-refractivity contribution is -0.140. The van der Waals surface area contributed by atoms with E-state index >= 15 is 0 Å². The monoisotopic (exact) mass is 248 g/mol. The van der Waals surface area contributed by atoms with Gasteiger partial charge in [-0.15, -0.1) is 6.42 Å². The van der Waals surface area contributed by atoms with Crippen molar-refractivity contribution in [3.8, 4) is 12.3 Å². The highest BCUT2D eigenvalue weighted by Crippen LogP contribution is 2.06. The summed E-state index contributed by atoms with van der Waals surface area (Å²) in [4.78, 5) is 23.0. The Kier molecular flexibility index (Phi) is 4.55. The summed E-state index contributed by atoms with van der Waals surface area (Å²) in [7, 11) is 0. The number of terminal acetylenes is 1. The highest BCUT2D eigenvalue weighted by Gasteiger charge is 2.24. The smallest absolute Gasteiger partial charge is 0.326 e. The zero-order valence-corrected chi connectivity index (χ0v) is 10.4. The van der Waals surface area contributed by atoms with E-state index in [9.17, 15) is 9.59 Å². The molecule has 5 heteroatoms. The maximum absolute atomic E-state index is 12.0. The average molecular weight is 248 g/mol. The second-order valence-electron chi connectivity index (χ2n) is 4.26. The van der Waals surface area contributed by atoms with Gasteiger partial charge in [-0.25, -0.2) is 4.79 Å². The molecule has 96 valence electrons. The zero-order chi connectivity index (χ0) is 13.7. The number of nitrogens with one attached hydrogen (secondary N) is 1. The van der Waals surface area contributed by atoms with Crippen LogP contribution in [0, 0.1) is 18.3 Å². The Bertz CT molecular complexity index is 483. The van der Waals surface area contributed by atoms with Crippen LogP contribution >= 0.6 is 0 Å². The Morgan fingerprint density at radius 1 is 1.56 bits per heavy atom. The fourth-order valence-electron chi connectivity index (χ4n) is 1.59. The predicted octanol–water partition coefficient (Wildman–Crippen LogP) is 0.960. The second-order valence-corrected chi connectivity index (χ2v) is 4.26. The fourth-order valence-corrected chi connectivity index (χ4v) is 1.59. The number of hydrogen-bond donors (Lipinski definition) is 2. The van der Waals surface area contributed by atoms with Crippen LogP contribution in [-0.2, 0) is 11.3 Å². The van der Waals surface area contributed by atoms with Crippen LogP contribution in [0.15, 0.2) is 18.3 Å². The third-order valence-electron chi connectivity index (χ3n) is 2.54. The van der Waals surface area contributed by atoms with Crippen molar-refractivity contribution >= 4 is 11.9 Å². The number of carbonyl (C=O) groups is 2. The van der Waals surface area contributed by atoms with Crippen LogP contribution in [0.25, 0.3) is 0 Å². The van der Waals surface area contributed by atoms with Crippen LogP contribution in [0.2, 0.25) is 0 Å². The normalized spacial score (nSPS) is 11.9. The van der Waals surface area contributed by atoms with Crippen LogP contribution in [0.3, 0.4) is 0 Å². The first-order chi connectivity index (χ1) is 8.47. The summed E-state index contributed by atoms with van der Waals surface area (Å²) < 4.78 is 1.59. The van der Waals surface area contributed by atoms with Gasteiger partial charge in [0.2, 0.25) is 0 Å². The van der Waals surface area contributed by atoms with Crippen molar-refractivity contribution in [3.63, 3.8) is 0 Å². The van der Waals surface area contributed by atoms with Gasteiger partial charge in [0, 0.05) is 6.20 Å². The van der Waals surface area contributed by atoms with Crippen molar-refractivity contribution in [2.45, 2.75) is 26.4 Å². The lowest BCUT2D eigenvalue weighted by atomic mass is 10.0. The molecule has 1 atom stereocenters. The Morgan fingerprint density at radius 3 is 2.72 bits per heavy atom. The summed E-state index contributed by atoms with van der Waals surface area (Å²) in [5.74, 6) is 0.757. The molecule has 1 amide bonds. The Morgan fingerprint density at radius 2 is 2.22 bits per heavy atom. The number of hydrogen-bond acceptors (Lipinski definition) is 2. The Labute approximate surface area is 106 Å². The molecule has 0 radical (unpaired) electrons. The number of carboxylic acid groups (broad SMARTS) is 1. The van der Waals surface area contributed by atoms with Crippen LogP contribution in [0.5, 0.6) is 0 Å². The topological polar surface area (TPSA) is 71.3 Å². The predicted molar refractivity (Wildman–Crippen MR) is 67.0 cm³/mol. The molecule has 1 aromatic rings. The first-order valence-electron chi connectivity index (χ1n) is 5.59. The van der Waals surface area contributed by atoms with Crippen molar-refractivity contribution in [1.29, 1.82) is 0 Å². The molecule has 0 saturated carbocycles. The van der Waals surface area contributed by atoms with Gasteiger partial charge in [0.05, 0.1) is 6.54 Å². The largest absolute Gasteiger partial charge is 0.480 e. The molecule has 0 saturated heterocycles. The molecule has 0 fully saturated rings. The number of nitrogens with zero attached hydrogens (tertiary/aromatic N) is 1. The minimum atomic E-state index is -1.05. The number of rotatable bonds is 5. The van der Waals surface area contributed by atoms with Crippen LogP contribution in [0.4, 0.5) is 0 Å². The van der Waals surface area contributed by atoms with Crippen molar-refractivity contribution in [3.05, 3.63) is 24.0 Å². The van der Waals surface area contributed by atoms with E-state index in [1.54, 1.807) is 36.7 Å². The van der Waals surface area contributed by atoms with E-state index in [0.29, 0.717) is 5.69 Å². The van der Waals surface area contributed by atoms with Crippen molar-refractivity contribution < 1.29 is 14.7 Å². The molecule has 0 aromatic carbocycles. The molecule has 0 unspecified atom stereocenters. The first-order valence-corrected chi connectivity index (χ1v) is 5.59. The number of amides is 1. The fraction of sp³-hybridized carbons (Fsp3) is 0.385. The standard InChI is InChI=1S/C13H16N2O3/c1-4-7-15-8-5-6-10(15)12(16)14-11(9(2)3)13(17)18/h1,5-6,8-9,11H,7H2,2-3H3,(H,14,16)(H,17,18)/t11-/m0/s1. The number of carboxylic acids is 1. The summed E-state index contributed by atoms with van der Waals surface area (Å²) in [5.41, 5.74) is 0.361. The maximum atomic E-state index is 12.0. The summed E-state index contributed by atoms with van der Waals surface area (Å²) in [5, 5.41) is 11.5. The van der Waals surface area contributed by atoms with Gasteiger partial charge in [-0.05, 0) is 18.1 Å². The number of carbonyl (C=O) groups excluding carboxylic acids is 1. The minimum absolute atomic E-state index is 0.192. The van der Waals surface area contributed by atoms with Gasteiger partial charge in [-0.2, -0.15) is 0 Å². The quantitative estimate of drug-likeness (QED) is 0.762. The highest BCUT2D eigenvalue weighted by atomic mass is 16.4. The number of aromatic nitrogens is 1. The molecule has 0 spiro atoms. The van der Waals surface area contributed by atoms with E-state index in [1.165, 1.54) is 0 Å². The van der Waals surface area contributed by atoms with Crippen LogP contribution in [-0.4, -0.2) is 27.6 Å². The van der Waals surface area contributed by atoms with Gasteiger partial charge in [0.25, 0.3) is 5.91 Å². The summed E-state index contributed by atoms with van der Waals surface area (Å²) >= 11 is 0. The van der Waals surface area contributed by atoms with E-state index < -0.39 is 17.9 Å². The molecule has 0 bridgehead atoms. The molecule has 1 aromatic heterocycles. The molecule has 5 nitrogen and oxygen atoms in total. The van der Waals surface area contributed by atoms with Gasteiger partial charge >= 0.3 is 5.97 Å². The lowest BCUT2D eigenvalue weighted by Crippen LogP contribution is -2.44. The maximum Gasteiger partial charge on any atom is 0.326 e. The Hall–Kier alpha value is -2.22. The van der Waals surface area contributed by atoms with Crippen molar-refractivity contribution in [2.75, 3.05) is 0 Å². The van der Waals surface area contributed by atoms with Gasteiger partial charge in [0.15, 0.2) is 0 Å². The minimum Gasteiger partial charge on any atom is -0.480 e. The third kappa shape index (κ3) is 3.14. The Balaban J connectivity index is 2.84. The summed E-state index contributed by atoms with van der Waals surface area (Å²) in [6, 6.07) is 2.38. The van der Waals surface area contributed by atoms with Gasteiger partial charge in [-0.3, -0.25) is 4.79 Å². The molecule has 1 rings (SSSR count). The molecule has 2 N–H and O–H groups in total. The van der Waals surface area contributed by atoms with Crippen molar-refractivity contribution in [2.24, 2.45) is 5.92 Å². The van der Waals surface area contributed by atoms with E-state index in [2.05, 4.69) is 11.2 Å². The van der Waals surface area contributed by atoms with E-state index in [-0.39, 0.29) is 12.5 Å². The summed E-state index contributed by atoms with van der Waals surface area (Å²) in [6.07, 6.45) is 6.87. The van der Waals surface area contributed by atoms with Gasteiger partial charge in [-0.1, -0.05) is 19.8 Å². The second kappa shape index (κ2) is 5.92. The first kappa shape index (κ1) is 13.8. The molecule has 18 heavy (non-hydrogen) atoms. The van der Waals surface area contributed by atoms with E-state index in [1.807, 2.05) is 0 Å². The molecule has 0 aliphatic carbocycles. The SMILES string of the molecule is C#CCn1cccc1C(=O)N[C@H](C(=O)O)C(C)C. The molecule has 1 heterocycles. The molecular weight excluding hydrogens is 232 g/mol. The third-order valence-corrected chi connectivity index (χ3v) is 2.54. The lowest BCUT2D eigenvalue weighted by Gasteiger charge is -2.18. The van der Waals surface area contributed by atoms with Crippen LogP contribution in [0.1, 0.15) is 24.3 Å². The summed E-state index contributed by atoms with van der Waals surface area (Å²) in [6.45, 7) is 3.74.